The fraction of sp³-hybridized carbons (Fsp3) is 0.682. The van der Waals surface area contributed by atoms with Crippen LogP contribution in [-0.2, 0) is 15.0 Å². The molecule has 0 aliphatic carbocycles. The molecule has 3 rings (SSSR count). The maximum absolute atomic E-state index is 12.7. The molecule has 0 spiro atoms. The van der Waals surface area contributed by atoms with Crippen LogP contribution in [0.5, 0.6) is 0 Å². The lowest BCUT2D eigenvalue weighted by Gasteiger charge is -2.33. The number of amides is 1. The number of hydrogen-bond donors (Lipinski definition) is 1. The van der Waals surface area contributed by atoms with Gasteiger partial charge in [-0.25, -0.2) is 0 Å². The van der Waals surface area contributed by atoms with Gasteiger partial charge in [0.1, 0.15) is 0 Å². The Morgan fingerprint density at radius 2 is 1.60 bits per heavy atom. The van der Waals surface area contributed by atoms with Gasteiger partial charge in [-0.2, -0.15) is 17.0 Å². The van der Waals surface area contributed by atoms with Crippen LogP contribution in [-0.4, -0.2) is 63.2 Å². The summed E-state index contributed by atoms with van der Waals surface area (Å²) in [4.78, 5) is 15.2. The second-order valence-electron chi connectivity index (χ2n) is 8.95. The van der Waals surface area contributed by atoms with E-state index in [4.69, 9.17) is 0 Å². The first-order valence-corrected chi connectivity index (χ1v) is 12.4. The fourth-order valence-electron chi connectivity index (χ4n) is 4.23. The number of carbonyl (C=O) groups is 1. The van der Waals surface area contributed by atoms with Crippen molar-refractivity contribution in [1.82, 2.24) is 13.9 Å². The van der Waals surface area contributed by atoms with Crippen molar-refractivity contribution >= 4 is 21.8 Å². The highest BCUT2D eigenvalue weighted by Crippen LogP contribution is 2.26. The van der Waals surface area contributed by atoms with E-state index in [1.807, 2.05) is 6.92 Å². The standard InChI is InChI=1S/C22H36N4O3S/c1-17-9-13-25(14-10-17)21-7-5-19(6-8-21)18(2)23-22(27)20-11-15-26(16-12-20)30(28,29)24(3)4/h5-8,17-18,20H,9-16H2,1-4H3,(H,23,27)/t18-/m0/s1. The molecule has 2 heterocycles. The highest BCUT2D eigenvalue weighted by Gasteiger charge is 2.32. The maximum Gasteiger partial charge on any atom is 0.281 e. The van der Waals surface area contributed by atoms with Gasteiger partial charge in [0.15, 0.2) is 0 Å². The van der Waals surface area contributed by atoms with E-state index in [2.05, 4.69) is 41.4 Å². The van der Waals surface area contributed by atoms with Gasteiger partial charge in [-0.05, 0) is 56.2 Å². The number of benzene rings is 1. The van der Waals surface area contributed by atoms with E-state index in [1.54, 1.807) is 0 Å². The summed E-state index contributed by atoms with van der Waals surface area (Å²) < 4.78 is 27.1. The molecule has 1 aromatic carbocycles. The predicted octanol–water partition coefficient (Wildman–Crippen LogP) is 2.62. The third kappa shape index (κ3) is 5.34. The van der Waals surface area contributed by atoms with Crippen molar-refractivity contribution in [2.75, 3.05) is 45.2 Å². The summed E-state index contributed by atoms with van der Waals surface area (Å²) >= 11 is 0. The number of rotatable bonds is 6. The molecule has 2 aliphatic rings. The second-order valence-corrected chi connectivity index (χ2v) is 11.1. The van der Waals surface area contributed by atoms with E-state index in [-0.39, 0.29) is 17.9 Å². The molecule has 0 aromatic heterocycles. The summed E-state index contributed by atoms with van der Waals surface area (Å²) in [6.45, 7) is 7.30. The molecular formula is C22H36N4O3S. The first-order valence-electron chi connectivity index (χ1n) is 11.0. The van der Waals surface area contributed by atoms with E-state index in [0.29, 0.717) is 25.9 Å². The third-order valence-corrected chi connectivity index (χ3v) is 8.45. The van der Waals surface area contributed by atoms with E-state index < -0.39 is 10.2 Å². The van der Waals surface area contributed by atoms with Crippen LogP contribution < -0.4 is 10.2 Å². The summed E-state index contributed by atoms with van der Waals surface area (Å²) in [6, 6.07) is 8.43. The summed E-state index contributed by atoms with van der Waals surface area (Å²) in [5.74, 6) is 0.680. The minimum Gasteiger partial charge on any atom is -0.372 e. The van der Waals surface area contributed by atoms with Crippen molar-refractivity contribution < 1.29 is 13.2 Å². The summed E-state index contributed by atoms with van der Waals surface area (Å²) in [5.41, 5.74) is 2.34. The maximum atomic E-state index is 12.7. The zero-order chi connectivity index (χ0) is 21.9. The largest absolute Gasteiger partial charge is 0.372 e. The molecule has 0 radical (unpaired) electrons. The van der Waals surface area contributed by atoms with Crippen LogP contribution in [0.4, 0.5) is 5.69 Å². The molecule has 7 nitrogen and oxygen atoms in total. The molecule has 1 N–H and O–H groups in total. The first-order chi connectivity index (χ1) is 14.2. The van der Waals surface area contributed by atoms with Gasteiger partial charge < -0.3 is 10.2 Å². The van der Waals surface area contributed by atoms with Gasteiger partial charge in [-0.15, -0.1) is 0 Å². The molecule has 1 aromatic rings. The van der Waals surface area contributed by atoms with Gasteiger partial charge in [0, 0.05) is 51.9 Å². The second kappa shape index (κ2) is 9.66. The molecular weight excluding hydrogens is 400 g/mol. The minimum absolute atomic E-state index is 0.0125. The van der Waals surface area contributed by atoms with Crippen LogP contribution in [0.15, 0.2) is 24.3 Å². The van der Waals surface area contributed by atoms with Crippen molar-refractivity contribution in [3.8, 4) is 0 Å². The number of nitrogens with zero attached hydrogens (tertiary/aromatic N) is 3. The molecule has 2 fully saturated rings. The molecule has 0 saturated carbocycles. The Morgan fingerprint density at radius 3 is 2.13 bits per heavy atom. The number of carbonyl (C=O) groups excluding carboxylic acids is 1. The molecule has 2 aliphatic heterocycles. The van der Waals surface area contributed by atoms with Crippen LogP contribution in [0.3, 0.4) is 0 Å². The molecule has 0 bridgehead atoms. The SMILES string of the molecule is CC1CCN(c2ccc([C@H](C)NC(=O)C3CCN(S(=O)(=O)N(C)C)CC3)cc2)CC1. The molecule has 168 valence electrons. The molecule has 1 atom stereocenters. The van der Waals surface area contributed by atoms with E-state index in [0.717, 1.165) is 24.6 Å². The van der Waals surface area contributed by atoms with Gasteiger partial charge in [0.2, 0.25) is 5.91 Å². The molecule has 0 unspecified atom stereocenters. The Hall–Kier alpha value is -1.64. The zero-order valence-corrected chi connectivity index (χ0v) is 19.5. The molecule has 30 heavy (non-hydrogen) atoms. The number of anilines is 1. The monoisotopic (exact) mass is 436 g/mol. The molecule has 1 amide bonds. The van der Waals surface area contributed by atoms with Crippen molar-refractivity contribution in [1.29, 1.82) is 0 Å². The van der Waals surface area contributed by atoms with Gasteiger partial charge in [0.25, 0.3) is 10.2 Å². The Bertz CT molecular complexity index is 809. The third-order valence-electron chi connectivity index (χ3n) is 6.51. The fourth-order valence-corrected chi connectivity index (χ4v) is 5.37. The van der Waals surface area contributed by atoms with Crippen LogP contribution in [0.2, 0.25) is 0 Å². The van der Waals surface area contributed by atoms with Crippen molar-refractivity contribution in [2.24, 2.45) is 11.8 Å². The molecule has 2 saturated heterocycles. The van der Waals surface area contributed by atoms with Crippen LogP contribution in [0, 0.1) is 11.8 Å². The van der Waals surface area contributed by atoms with E-state index in [1.165, 1.54) is 41.2 Å². The number of piperidine rings is 2. The quantitative estimate of drug-likeness (QED) is 0.744. The topological polar surface area (TPSA) is 73.0 Å². The van der Waals surface area contributed by atoms with Gasteiger partial charge in [-0.1, -0.05) is 19.1 Å². The molecule has 8 heteroatoms. The summed E-state index contributed by atoms with van der Waals surface area (Å²) in [5, 5.41) is 3.12. The average Bonchev–Trinajstić information content (AvgIpc) is 2.74. The van der Waals surface area contributed by atoms with Crippen molar-refractivity contribution in [2.45, 2.75) is 45.6 Å². The zero-order valence-electron chi connectivity index (χ0n) is 18.7. The Kier molecular flexibility index (Phi) is 7.42. The lowest BCUT2D eigenvalue weighted by Crippen LogP contribution is -2.47. The first kappa shape index (κ1) is 23.0. The van der Waals surface area contributed by atoms with E-state index >= 15 is 0 Å². The van der Waals surface area contributed by atoms with Crippen molar-refractivity contribution in [3.05, 3.63) is 29.8 Å². The Balaban J connectivity index is 1.51. The summed E-state index contributed by atoms with van der Waals surface area (Å²) in [6.07, 6.45) is 3.58. The van der Waals surface area contributed by atoms with Gasteiger partial charge in [0.05, 0.1) is 6.04 Å². The Morgan fingerprint density at radius 1 is 1.03 bits per heavy atom. The summed E-state index contributed by atoms with van der Waals surface area (Å²) in [7, 11) is -0.332. The Labute approximate surface area is 181 Å². The predicted molar refractivity (Wildman–Crippen MR) is 121 cm³/mol. The van der Waals surface area contributed by atoms with Crippen LogP contribution in [0.1, 0.15) is 51.1 Å². The van der Waals surface area contributed by atoms with Gasteiger partial charge in [-0.3, -0.25) is 4.79 Å². The lowest BCUT2D eigenvalue weighted by molar-refractivity contribution is -0.126. The van der Waals surface area contributed by atoms with Crippen molar-refractivity contribution in [3.63, 3.8) is 0 Å². The van der Waals surface area contributed by atoms with Gasteiger partial charge >= 0.3 is 0 Å². The lowest BCUT2D eigenvalue weighted by atomic mass is 9.96. The smallest absolute Gasteiger partial charge is 0.281 e. The van der Waals surface area contributed by atoms with Crippen LogP contribution in [0.25, 0.3) is 0 Å². The number of hydrogen-bond acceptors (Lipinski definition) is 4. The van der Waals surface area contributed by atoms with Crippen LogP contribution >= 0.6 is 0 Å². The average molecular weight is 437 g/mol. The number of nitrogens with one attached hydrogen (secondary N) is 1. The van der Waals surface area contributed by atoms with E-state index in [9.17, 15) is 13.2 Å². The minimum atomic E-state index is -3.40. The highest BCUT2D eigenvalue weighted by atomic mass is 32.2. The highest BCUT2D eigenvalue weighted by molar-refractivity contribution is 7.86. The normalized spacial score (nSPS) is 21.0.